The number of primary amides is 1. The Morgan fingerprint density at radius 1 is 0.886 bits per heavy atom. The molecule has 35 heavy (non-hydrogen) atoms. The highest BCUT2D eigenvalue weighted by atomic mass is 16.2. The zero-order valence-corrected chi connectivity index (χ0v) is 19.5. The summed E-state index contributed by atoms with van der Waals surface area (Å²) in [5.74, 6) is -0.947. The van der Waals surface area contributed by atoms with Gasteiger partial charge in [0.2, 0.25) is 11.8 Å². The third kappa shape index (κ3) is 5.56. The molecule has 0 unspecified atom stereocenters. The highest BCUT2D eigenvalue weighted by Crippen LogP contribution is 2.33. The summed E-state index contributed by atoms with van der Waals surface area (Å²) in [5, 5.41) is 5.52. The van der Waals surface area contributed by atoms with E-state index in [4.69, 9.17) is 22.2 Å². The summed E-state index contributed by atoms with van der Waals surface area (Å²) in [5.41, 5.74) is 21.2. The van der Waals surface area contributed by atoms with Crippen LogP contribution in [0.1, 0.15) is 19.3 Å². The minimum atomic E-state index is -0.728. The Bertz CT molecular complexity index is 1280. The number of amides is 2. The molecule has 0 aliphatic heterocycles. The summed E-state index contributed by atoms with van der Waals surface area (Å²) >= 11 is 0. The number of carbonyl (C=O) groups excluding carboxylic acids is 2. The van der Waals surface area contributed by atoms with Crippen molar-refractivity contribution in [1.29, 1.82) is 0 Å². The van der Waals surface area contributed by atoms with Crippen molar-refractivity contribution in [2.24, 2.45) is 17.2 Å². The van der Waals surface area contributed by atoms with E-state index in [0.717, 1.165) is 46.0 Å². The first kappa shape index (κ1) is 24.1. The number of anilines is 3. The smallest absolute Gasteiger partial charge is 0.244 e. The van der Waals surface area contributed by atoms with Gasteiger partial charge in [-0.05, 0) is 55.8 Å². The number of hydrogen-bond donors (Lipinski definition) is 4. The van der Waals surface area contributed by atoms with Gasteiger partial charge in [-0.3, -0.25) is 9.59 Å². The molecule has 0 aliphatic carbocycles. The molecule has 0 radical (unpaired) electrons. The summed E-state index contributed by atoms with van der Waals surface area (Å²) in [4.78, 5) is 30.8. The molecule has 3 aromatic carbocycles. The van der Waals surface area contributed by atoms with Crippen molar-refractivity contribution in [3.05, 3.63) is 72.8 Å². The lowest BCUT2D eigenvalue weighted by molar-refractivity contribution is -0.123. The van der Waals surface area contributed by atoms with Gasteiger partial charge in [-0.1, -0.05) is 42.8 Å². The molecule has 7 N–H and O–H groups in total. The fourth-order valence-electron chi connectivity index (χ4n) is 4.13. The van der Waals surface area contributed by atoms with Gasteiger partial charge >= 0.3 is 0 Å². The molecular weight excluding hydrogens is 440 g/mol. The van der Waals surface area contributed by atoms with Crippen molar-refractivity contribution < 1.29 is 9.59 Å². The molecule has 0 aliphatic rings. The van der Waals surface area contributed by atoms with E-state index in [9.17, 15) is 9.59 Å². The van der Waals surface area contributed by atoms with E-state index in [2.05, 4.69) is 5.32 Å². The average Bonchev–Trinajstić information content (AvgIpc) is 2.87. The first-order valence-corrected chi connectivity index (χ1v) is 11.7. The highest BCUT2D eigenvalue weighted by Gasteiger charge is 2.23. The molecule has 0 saturated carbocycles. The summed E-state index contributed by atoms with van der Waals surface area (Å²) < 4.78 is 0. The molecule has 0 bridgehead atoms. The van der Waals surface area contributed by atoms with Crippen LogP contribution < -0.4 is 27.4 Å². The van der Waals surface area contributed by atoms with Crippen molar-refractivity contribution in [3.63, 3.8) is 0 Å². The molecule has 1 atom stereocenters. The van der Waals surface area contributed by atoms with Crippen LogP contribution >= 0.6 is 0 Å². The number of fused-ring (bicyclic) bond motifs is 2. The van der Waals surface area contributed by atoms with E-state index in [1.165, 1.54) is 4.90 Å². The van der Waals surface area contributed by atoms with Gasteiger partial charge in [0.05, 0.1) is 22.8 Å². The van der Waals surface area contributed by atoms with Crippen LogP contribution in [-0.2, 0) is 9.59 Å². The lowest BCUT2D eigenvalue weighted by Gasteiger charge is -2.25. The number of nitrogens with one attached hydrogen (secondary N) is 1. The van der Waals surface area contributed by atoms with Crippen molar-refractivity contribution >= 4 is 50.7 Å². The number of unbranched alkanes of at least 4 members (excludes halogenated alkanes) is 1. The van der Waals surface area contributed by atoms with Gasteiger partial charge in [0.25, 0.3) is 0 Å². The van der Waals surface area contributed by atoms with Crippen LogP contribution in [-0.4, -0.2) is 35.9 Å². The number of nitrogens with two attached hydrogens (primary N) is 3. The topological polar surface area (TPSA) is 140 Å². The SMILES string of the molecule is NCCCC[C@H](N)C(=O)N(CC(N)=O)c1ccc(Nc2c3ccccc3nc3ccccc23)cc1. The Balaban J connectivity index is 1.62. The van der Waals surface area contributed by atoms with Gasteiger partial charge < -0.3 is 27.4 Å². The number of aromatic nitrogens is 1. The summed E-state index contributed by atoms with van der Waals surface area (Å²) in [6, 6.07) is 22.5. The molecule has 0 saturated heterocycles. The monoisotopic (exact) mass is 470 g/mol. The van der Waals surface area contributed by atoms with Gasteiger partial charge in [-0.25, -0.2) is 4.98 Å². The van der Waals surface area contributed by atoms with Gasteiger partial charge in [-0.15, -0.1) is 0 Å². The van der Waals surface area contributed by atoms with Crippen LogP contribution in [0.4, 0.5) is 17.1 Å². The van der Waals surface area contributed by atoms with Crippen molar-refractivity contribution in [1.82, 2.24) is 4.98 Å². The predicted molar refractivity (Wildman–Crippen MR) is 141 cm³/mol. The van der Waals surface area contributed by atoms with Gasteiger partial charge in [-0.2, -0.15) is 0 Å². The lowest BCUT2D eigenvalue weighted by Crippen LogP contribution is -2.47. The number of hydrogen-bond acceptors (Lipinski definition) is 6. The van der Waals surface area contributed by atoms with Crippen molar-refractivity contribution in [2.75, 3.05) is 23.3 Å². The molecule has 4 rings (SSSR count). The number of carbonyl (C=O) groups is 2. The minimum Gasteiger partial charge on any atom is -0.368 e. The fraction of sp³-hybridized carbons (Fsp3) is 0.222. The van der Waals surface area contributed by atoms with Gasteiger partial charge in [0.1, 0.15) is 6.54 Å². The number of rotatable bonds is 10. The number of nitrogens with zero attached hydrogens (tertiary/aromatic N) is 2. The Morgan fingerprint density at radius 2 is 1.49 bits per heavy atom. The summed E-state index contributed by atoms with van der Waals surface area (Å²) in [6.07, 6.45) is 2.02. The van der Waals surface area contributed by atoms with Crippen LogP contribution in [0.3, 0.4) is 0 Å². The van der Waals surface area contributed by atoms with Crippen LogP contribution in [0.25, 0.3) is 21.8 Å². The molecule has 1 aromatic heterocycles. The quantitative estimate of drug-likeness (QED) is 0.207. The number of para-hydroxylation sites is 2. The Kier molecular flexibility index (Phi) is 7.54. The third-order valence-corrected chi connectivity index (χ3v) is 5.90. The lowest BCUT2D eigenvalue weighted by atomic mass is 10.1. The first-order valence-electron chi connectivity index (χ1n) is 11.7. The van der Waals surface area contributed by atoms with Crippen molar-refractivity contribution in [2.45, 2.75) is 25.3 Å². The van der Waals surface area contributed by atoms with E-state index in [1.54, 1.807) is 12.1 Å². The zero-order valence-electron chi connectivity index (χ0n) is 19.5. The Hall–Kier alpha value is -4.01. The second kappa shape index (κ2) is 10.9. The van der Waals surface area contributed by atoms with Crippen LogP contribution in [0.5, 0.6) is 0 Å². The Labute approximate surface area is 204 Å². The maximum absolute atomic E-state index is 13.0. The maximum Gasteiger partial charge on any atom is 0.244 e. The molecule has 8 nitrogen and oxygen atoms in total. The molecule has 180 valence electrons. The molecule has 4 aromatic rings. The van der Waals surface area contributed by atoms with E-state index in [0.29, 0.717) is 18.7 Å². The maximum atomic E-state index is 13.0. The molecule has 0 fully saturated rings. The standard InChI is InChI=1S/C27H30N6O2/c28-16-6-5-9-22(29)27(35)33(17-25(30)34)19-14-12-18(13-15-19)31-26-20-7-1-3-10-23(20)32-24-11-4-2-8-21(24)26/h1-4,7-8,10-15,22H,5-6,9,16-17,28-29H2,(H2,30,34)(H,31,32)/t22-/m0/s1. The van der Waals surface area contributed by atoms with Crippen LogP contribution in [0.15, 0.2) is 72.8 Å². The molecule has 8 heteroatoms. The third-order valence-electron chi connectivity index (χ3n) is 5.90. The zero-order chi connectivity index (χ0) is 24.8. The molecule has 0 spiro atoms. The molecule has 1 heterocycles. The van der Waals surface area contributed by atoms with E-state index in [1.807, 2.05) is 60.7 Å². The normalized spacial score (nSPS) is 11.9. The average molecular weight is 471 g/mol. The largest absolute Gasteiger partial charge is 0.368 e. The minimum absolute atomic E-state index is 0.240. The summed E-state index contributed by atoms with van der Waals surface area (Å²) in [6.45, 7) is 0.304. The van der Waals surface area contributed by atoms with Crippen molar-refractivity contribution in [3.8, 4) is 0 Å². The number of benzene rings is 3. The Morgan fingerprint density at radius 3 is 2.06 bits per heavy atom. The van der Waals surface area contributed by atoms with Gasteiger partial charge in [0, 0.05) is 22.1 Å². The van der Waals surface area contributed by atoms with Crippen LogP contribution in [0, 0.1) is 0 Å². The highest BCUT2D eigenvalue weighted by molar-refractivity contribution is 6.08. The van der Waals surface area contributed by atoms with E-state index < -0.39 is 11.9 Å². The first-order chi connectivity index (χ1) is 17.0. The fourth-order valence-corrected chi connectivity index (χ4v) is 4.13. The molecular formula is C27H30N6O2. The summed E-state index contributed by atoms with van der Waals surface area (Å²) in [7, 11) is 0. The predicted octanol–water partition coefficient (Wildman–Crippen LogP) is 3.41. The number of pyridine rings is 1. The van der Waals surface area contributed by atoms with Gasteiger partial charge in [0.15, 0.2) is 0 Å². The van der Waals surface area contributed by atoms with E-state index in [-0.39, 0.29) is 12.5 Å². The molecule has 2 amide bonds. The van der Waals surface area contributed by atoms with E-state index >= 15 is 0 Å². The van der Waals surface area contributed by atoms with Crippen LogP contribution in [0.2, 0.25) is 0 Å². The second-order valence-corrected chi connectivity index (χ2v) is 8.47. The second-order valence-electron chi connectivity index (χ2n) is 8.47.